The topological polar surface area (TPSA) is 136 Å². The number of hydrogen-bond donors (Lipinski definition) is 4. The summed E-state index contributed by atoms with van der Waals surface area (Å²) in [6.45, 7) is 1.23. The molecule has 0 saturated carbocycles. The van der Waals surface area contributed by atoms with Crippen molar-refractivity contribution in [3.05, 3.63) is 59.7 Å². The Labute approximate surface area is 165 Å². The first-order chi connectivity index (χ1) is 13.7. The number of carbonyl (C=O) groups excluding carboxylic acids is 2. The highest BCUT2D eigenvalue weighted by atomic mass is 16.4. The van der Waals surface area contributed by atoms with E-state index in [0.29, 0.717) is 5.69 Å². The second kappa shape index (κ2) is 7.63. The number of urea groups is 1. The van der Waals surface area contributed by atoms with E-state index in [-0.39, 0.29) is 11.3 Å². The first-order valence-corrected chi connectivity index (χ1v) is 8.74. The molecule has 3 amide bonds. The highest BCUT2D eigenvalue weighted by molar-refractivity contribution is 6.13. The third-order valence-corrected chi connectivity index (χ3v) is 4.61. The summed E-state index contributed by atoms with van der Waals surface area (Å²) in [5.74, 6) is -3.40. The minimum Gasteiger partial charge on any atom is -0.481 e. The van der Waals surface area contributed by atoms with Crippen LogP contribution in [0.1, 0.15) is 17.5 Å². The quantitative estimate of drug-likeness (QED) is 0.588. The maximum Gasteiger partial charge on any atom is 0.323 e. The molecule has 1 heterocycles. The number of carboxylic acid groups (broad SMARTS) is 2. The van der Waals surface area contributed by atoms with E-state index < -0.39 is 42.4 Å². The van der Waals surface area contributed by atoms with Gasteiger partial charge in [0.2, 0.25) is 0 Å². The molecule has 1 atom stereocenters. The molecule has 3 rings (SSSR count). The zero-order chi connectivity index (χ0) is 21.2. The number of carboxylic acids is 2. The van der Waals surface area contributed by atoms with Gasteiger partial charge in [-0.25, -0.2) is 4.79 Å². The Balaban J connectivity index is 1.98. The van der Waals surface area contributed by atoms with Crippen LogP contribution < -0.4 is 15.5 Å². The van der Waals surface area contributed by atoms with Gasteiger partial charge in [-0.15, -0.1) is 0 Å². The summed E-state index contributed by atoms with van der Waals surface area (Å²) in [4.78, 5) is 49.5. The highest BCUT2D eigenvalue weighted by Gasteiger charge is 2.53. The van der Waals surface area contributed by atoms with Crippen LogP contribution in [0, 0.1) is 6.92 Å². The van der Waals surface area contributed by atoms with Crippen molar-refractivity contribution >= 4 is 35.3 Å². The number of fused-ring (bicyclic) bond motifs is 1. The zero-order valence-electron chi connectivity index (χ0n) is 15.5. The molecule has 0 aromatic heterocycles. The monoisotopic (exact) mass is 397 g/mol. The third kappa shape index (κ3) is 3.88. The van der Waals surface area contributed by atoms with Crippen LogP contribution in [0.3, 0.4) is 0 Å². The van der Waals surface area contributed by atoms with Gasteiger partial charge in [0, 0.05) is 11.3 Å². The van der Waals surface area contributed by atoms with E-state index >= 15 is 0 Å². The molecule has 0 aliphatic carbocycles. The number of aryl methyl sites for hydroxylation is 1. The van der Waals surface area contributed by atoms with Crippen molar-refractivity contribution < 1.29 is 29.4 Å². The van der Waals surface area contributed by atoms with Crippen LogP contribution in [-0.2, 0) is 19.9 Å². The van der Waals surface area contributed by atoms with Crippen molar-refractivity contribution in [3.63, 3.8) is 0 Å². The average Bonchev–Trinajstić information content (AvgIpc) is 2.86. The molecule has 0 spiro atoms. The number of anilines is 2. The minimum atomic E-state index is -1.92. The predicted molar refractivity (Wildman–Crippen MR) is 104 cm³/mol. The predicted octanol–water partition coefficient (Wildman–Crippen LogP) is 1.92. The molecule has 1 aliphatic rings. The number of amides is 3. The first kappa shape index (κ1) is 19.9. The van der Waals surface area contributed by atoms with E-state index in [2.05, 4.69) is 10.6 Å². The molecule has 0 fully saturated rings. The van der Waals surface area contributed by atoms with Crippen LogP contribution in [0.4, 0.5) is 16.2 Å². The van der Waals surface area contributed by atoms with E-state index in [1.54, 1.807) is 36.4 Å². The molecule has 2 aromatic rings. The van der Waals surface area contributed by atoms with Gasteiger partial charge in [-0.3, -0.25) is 19.3 Å². The fourth-order valence-electron chi connectivity index (χ4n) is 3.37. The Bertz CT molecular complexity index is 988. The van der Waals surface area contributed by atoms with E-state index in [1.165, 1.54) is 12.1 Å². The Kier molecular flexibility index (Phi) is 5.22. The van der Waals surface area contributed by atoms with E-state index in [4.69, 9.17) is 5.11 Å². The summed E-state index contributed by atoms with van der Waals surface area (Å²) in [6.07, 6.45) is -0.736. The summed E-state index contributed by atoms with van der Waals surface area (Å²) in [6, 6.07) is 12.3. The Morgan fingerprint density at radius 1 is 1.00 bits per heavy atom. The molecular weight excluding hydrogens is 378 g/mol. The molecule has 29 heavy (non-hydrogen) atoms. The smallest absolute Gasteiger partial charge is 0.323 e. The molecule has 1 unspecified atom stereocenters. The SMILES string of the molecule is Cc1ccc(NC(=O)NC2(CC(=O)O)C(=O)N(CC(=O)O)c3ccccc32)cc1. The molecule has 2 aromatic carbocycles. The molecule has 9 nitrogen and oxygen atoms in total. The molecule has 150 valence electrons. The number of benzene rings is 2. The van der Waals surface area contributed by atoms with Gasteiger partial charge >= 0.3 is 18.0 Å². The summed E-state index contributed by atoms with van der Waals surface area (Å²) < 4.78 is 0. The van der Waals surface area contributed by atoms with Crippen molar-refractivity contribution in [2.24, 2.45) is 0 Å². The fourth-order valence-corrected chi connectivity index (χ4v) is 3.37. The van der Waals surface area contributed by atoms with Crippen LogP contribution in [-0.4, -0.2) is 40.6 Å². The second-order valence-corrected chi connectivity index (χ2v) is 6.72. The fraction of sp³-hybridized carbons (Fsp3) is 0.200. The molecule has 1 aliphatic heterocycles. The molecule has 0 saturated heterocycles. The largest absolute Gasteiger partial charge is 0.481 e. The standard InChI is InChI=1S/C20H19N3O6/c1-12-6-8-13(9-7-12)21-19(29)22-20(10-16(24)25)14-4-2-3-5-15(14)23(18(20)28)11-17(26)27/h2-9H,10-11H2,1H3,(H,24,25)(H,26,27)(H2,21,22,29). The van der Waals surface area contributed by atoms with E-state index in [9.17, 15) is 24.3 Å². The first-order valence-electron chi connectivity index (χ1n) is 8.74. The molecule has 4 N–H and O–H groups in total. The van der Waals surface area contributed by atoms with Crippen molar-refractivity contribution in [3.8, 4) is 0 Å². The maximum absolute atomic E-state index is 13.1. The van der Waals surface area contributed by atoms with Gasteiger partial charge in [-0.2, -0.15) is 0 Å². The number of carbonyl (C=O) groups is 4. The summed E-state index contributed by atoms with van der Waals surface area (Å²) in [5, 5.41) is 23.6. The van der Waals surface area contributed by atoms with Crippen molar-refractivity contribution in [1.29, 1.82) is 0 Å². The van der Waals surface area contributed by atoms with Crippen LogP contribution in [0.25, 0.3) is 0 Å². The van der Waals surface area contributed by atoms with Gasteiger partial charge in [0.25, 0.3) is 5.91 Å². The third-order valence-electron chi connectivity index (χ3n) is 4.61. The van der Waals surface area contributed by atoms with Gasteiger partial charge in [0.05, 0.1) is 12.1 Å². The number of rotatable bonds is 6. The van der Waals surface area contributed by atoms with Crippen molar-refractivity contribution in [2.45, 2.75) is 18.9 Å². The van der Waals surface area contributed by atoms with Crippen LogP contribution >= 0.6 is 0 Å². The number of nitrogens with zero attached hydrogens (tertiary/aromatic N) is 1. The van der Waals surface area contributed by atoms with Gasteiger partial charge < -0.3 is 20.8 Å². The van der Waals surface area contributed by atoms with Gasteiger partial charge in [0.15, 0.2) is 5.54 Å². The summed E-state index contributed by atoms with van der Waals surface area (Å²) in [7, 11) is 0. The van der Waals surface area contributed by atoms with Gasteiger partial charge in [-0.05, 0) is 25.1 Å². The van der Waals surface area contributed by atoms with Crippen LogP contribution in [0.15, 0.2) is 48.5 Å². The number of hydrogen-bond acceptors (Lipinski definition) is 4. The van der Waals surface area contributed by atoms with Gasteiger partial charge in [-0.1, -0.05) is 35.9 Å². The lowest BCUT2D eigenvalue weighted by Gasteiger charge is -2.28. The normalized spacial score (nSPS) is 17.6. The van der Waals surface area contributed by atoms with Crippen molar-refractivity contribution in [2.75, 3.05) is 16.8 Å². The maximum atomic E-state index is 13.1. The minimum absolute atomic E-state index is 0.229. The average molecular weight is 397 g/mol. The van der Waals surface area contributed by atoms with E-state index in [1.807, 2.05) is 6.92 Å². The lowest BCUT2D eigenvalue weighted by Crippen LogP contribution is -2.55. The van der Waals surface area contributed by atoms with Crippen LogP contribution in [0.5, 0.6) is 0 Å². The number of nitrogens with one attached hydrogen (secondary N) is 2. The van der Waals surface area contributed by atoms with Gasteiger partial charge in [0.1, 0.15) is 6.54 Å². The summed E-state index contributed by atoms with van der Waals surface area (Å²) >= 11 is 0. The molecule has 0 bridgehead atoms. The lowest BCUT2D eigenvalue weighted by atomic mass is 9.88. The zero-order valence-corrected chi connectivity index (χ0v) is 15.5. The number of para-hydroxylation sites is 1. The molecular formula is C20H19N3O6. The lowest BCUT2D eigenvalue weighted by molar-refractivity contribution is -0.142. The highest BCUT2D eigenvalue weighted by Crippen LogP contribution is 2.42. The Morgan fingerprint density at radius 3 is 2.28 bits per heavy atom. The molecule has 9 heteroatoms. The van der Waals surface area contributed by atoms with Crippen LogP contribution in [0.2, 0.25) is 0 Å². The number of aliphatic carboxylic acids is 2. The Morgan fingerprint density at radius 2 is 1.66 bits per heavy atom. The second-order valence-electron chi connectivity index (χ2n) is 6.72. The summed E-state index contributed by atoms with van der Waals surface area (Å²) in [5.41, 5.74) is -0.00108. The van der Waals surface area contributed by atoms with E-state index in [0.717, 1.165) is 10.5 Å². The van der Waals surface area contributed by atoms with Crippen molar-refractivity contribution in [1.82, 2.24) is 5.32 Å². The Hall–Kier alpha value is -3.88. The molecule has 0 radical (unpaired) electrons.